The number of nitrogens with one attached hydrogen (secondary N) is 1. The van der Waals surface area contributed by atoms with Gasteiger partial charge in [-0.1, -0.05) is 6.07 Å². The first-order valence-electron chi connectivity index (χ1n) is 9.22. The molecule has 0 radical (unpaired) electrons. The third kappa shape index (κ3) is 3.81. The molecule has 0 saturated heterocycles. The second-order valence-corrected chi connectivity index (χ2v) is 6.98. The van der Waals surface area contributed by atoms with Crippen LogP contribution in [0.15, 0.2) is 53.5 Å². The van der Waals surface area contributed by atoms with E-state index in [1.54, 1.807) is 0 Å². The van der Waals surface area contributed by atoms with E-state index in [0.29, 0.717) is 28.7 Å². The smallest absolute Gasteiger partial charge is 0.318 e. The van der Waals surface area contributed by atoms with Gasteiger partial charge in [0, 0.05) is 17.8 Å². The quantitative estimate of drug-likeness (QED) is 0.236. The van der Waals surface area contributed by atoms with Crippen LogP contribution < -0.4 is 0 Å². The summed E-state index contributed by atoms with van der Waals surface area (Å²) in [5, 5.41) is 42.6. The van der Waals surface area contributed by atoms with Gasteiger partial charge >= 0.3 is 5.69 Å². The molecule has 1 aromatic heterocycles. The maximum atomic E-state index is 11.1. The van der Waals surface area contributed by atoms with Crippen LogP contribution in [0.4, 0.5) is 17.1 Å². The molecule has 0 bridgehead atoms. The second-order valence-electron chi connectivity index (χ2n) is 6.98. The molecule has 0 aliphatic carbocycles. The first-order valence-corrected chi connectivity index (χ1v) is 9.22. The van der Waals surface area contributed by atoms with Gasteiger partial charge in [0.1, 0.15) is 11.6 Å². The van der Waals surface area contributed by atoms with Crippen molar-refractivity contribution in [1.29, 1.82) is 0 Å². The summed E-state index contributed by atoms with van der Waals surface area (Å²) >= 11 is 0. The van der Waals surface area contributed by atoms with Gasteiger partial charge < -0.3 is 15.2 Å². The standard InChI is InChI=1S/C21H15N5O6/c1-11-2-4-16-17(6-11)24-21(23-16)15-8-13(3-5-19(15)27)22-10-12-7-14(25(29)30)9-18(20(12)28)26(31)32/h2-10,27-28H,1H3,(H,23,24). The number of aryl methyl sites for hydroxylation is 1. The number of phenols is 2. The number of hydrogen-bond acceptors (Lipinski definition) is 8. The van der Waals surface area contributed by atoms with Gasteiger partial charge in [0.15, 0.2) is 0 Å². The minimum atomic E-state index is -0.915. The number of nitro groups is 2. The average molecular weight is 433 g/mol. The highest BCUT2D eigenvalue weighted by Crippen LogP contribution is 2.35. The van der Waals surface area contributed by atoms with Crippen molar-refractivity contribution in [2.45, 2.75) is 6.92 Å². The number of H-pyrrole nitrogens is 1. The number of aliphatic imine (C=N–C) groups is 1. The van der Waals surface area contributed by atoms with Crippen molar-refractivity contribution in [3.8, 4) is 22.9 Å². The zero-order chi connectivity index (χ0) is 23.0. The van der Waals surface area contributed by atoms with Gasteiger partial charge in [-0.15, -0.1) is 0 Å². The predicted octanol–water partition coefficient (Wildman–Crippen LogP) is 4.52. The van der Waals surface area contributed by atoms with Crippen molar-refractivity contribution in [2.24, 2.45) is 4.99 Å². The van der Waals surface area contributed by atoms with E-state index in [-0.39, 0.29) is 11.3 Å². The Bertz CT molecular complexity index is 1430. The van der Waals surface area contributed by atoms with Crippen LogP contribution in [-0.4, -0.2) is 36.2 Å². The molecular formula is C21H15N5O6. The SMILES string of the molecule is Cc1ccc2nc(-c3cc(N=Cc4cc([N+](=O)[O-])cc([N+](=O)[O-])c4O)ccc3O)[nH]c2c1. The molecule has 0 aliphatic rings. The average Bonchev–Trinajstić information content (AvgIpc) is 3.16. The number of hydrogen-bond donors (Lipinski definition) is 3. The molecule has 0 amide bonds. The Balaban J connectivity index is 1.74. The van der Waals surface area contributed by atoms with E-state index >= 15 is 0 Å². The van der Waals surface area contributed by atoms with Gasteiger partial charge in [0.2, 0.25) is 5.75 Å². The zero-order valence-electron chi connectivity index (χ0n) is 16.5. The van der Waals surface area contributed by atoms with Crippen LogP contribution in [0.5, 0.6) is 11.5 Å². The van der Waals surface area contributed by atoms with Crippen molar-refractivity contribution < 1.29 is 20.1 Å². The number of aromatic amines is 1. The van der Waals surface area contributed by atoms with Crippen LogP contribution in [0.25, 0.3) is 22.4 Å². The molecule has 0 spiro atoms. The molecule has 3 N–H and O–H groups in total. The molecule has 32 heavy (non-hydrogen) atoms. The number of nitro benzene ring substituents is 2. The van der Waals surface area contributed by atoms with Crippen molar-refractivity contribution in [3.05, 3.63) is 79.9 Å². The third-order valence-electron chi connectivity index (χ3n) is 4.74. The van der Waals surface area contributed by atoms with E-state index in [2.05, 4.69) is 15.0 Å². The first-order chi connectivity index (χ1) is 15.2. The summed E-state index contributed by atoms with van der Waals surface area (Å²) in [5.74, 6) is -0.376. The Morgan fingerprint density at radius 2 is 1.81 bits per heavy atom. The summed E-state index contributed by atoms with van der Waals surface area (Å²) in [7, 11) is 0. The van der Waals surface area contributed by atoms with E-state index in [9.17, 15) is 30.4 Å². The predicted molar refractivity (Wildman–Crippen MR) is 117 cm³/mol. The molecule has 0 aliphatic heterocycles. The van der Waals surface area contributed by atoms with Crippen LogP contribution in [-0.2, 0) is 0 Å². The van der Waals surface area contributed by atoms with Gasteiger partial charge in [0.25, 0.3) is 5.69 Å². The molecule has 0 fully saturated rings. The van der Waals surface area contributed by atoms with Crippen LogP contribution >= 0.6 is 0 Å². The lowest BCUT2D eigenvalue weighted by Crippen LogP contribution is -1.96. The lowest BCUT2D eigenvalue weighted by molar-refractivity contribution is -0.394. The molecule has 1 heterocycles. The van der Waals surface area contributed by atoms with Crippen molar-refractivity contribution in [1.82, 2.24) is 9.97 Å². The fourth-order valence-electron chi connectivity index (χ4n) is 3.16. The van der Waals surface area contributed by atoms with Crippen LogP contribution in [0.1, 0.15) is 11.1 Å². The van der Waals surface area contributed by atoms with Crippen molar-refractivity contribution >= 4 is 34.3 Å². The Hall–Kier alpha value is -4.80. The van der Waals surface area contributed by atoms with Crippen molar-refractivity contribution in [3.63, 3.8) is 0 Å². The topological polar surface area (TPSA) is 168 Å². The van der Waals surface area contributed by atoms with E-state index in [1.165, 1.54) is 18.2 Å². The summed E-state index contributed by atoms with van der Waals surface area (Å²) in [6.45, 7) is 1.94. The van der Waals surface area contributed by atoms with E-state index < -0.39 is 27.0 Å². The molecule has 3 aromatic carbocycles. The summed E-state index contributed by atoms with van der Waals surface area (Å²) in [6, 6.07) is 11.7. The van der Waals surface area contributed by atoms with E-state index in [0.717, 1.165) is 23.4 Å². The van der Waals surface area contributed by atoms with Gasteiger partial charge in [-0.3, -0.25) is 25.2 Å². The Morgan fingerprint density at radius 1 is 1.03 bits per heavy atom. The lowest BCUT2D eigenvalue weighted by Gasteiger charge is -2.04. The fourth-order valence-corrected chi connectivity index (χ4v) is 3.16. The largest absolute Gasteiger partial charge is 0.507 e. The highest BCUT2D eigenvalue weighted by molar-refractivity contribution is 5.89. The van der Waals surface area contributed by atoms with Gasteiger partial charge in [-0.25, -0.2) is 4.98 Å². The molecule has 11 nitrogen and oxygen atoms in total. The molecule has 0 unspecified atom stereocenters. The Labute approximate surface area is 179 Å². The number of nitrogens with zero attached hydrogens (tertiary/aromatic N) is 4. The zero-order valence-corrected chi connectivity index (χ0v) is 16.5. The number of aromatic hydroxyl groups is 2. The Kier molecular flexibility index (Phi) is 4.99. The fraction of sp³-hybridized carbons (Fsp3) is 0.0476. The van der Waals surface area contributed by atoms with E-state index in [4.69, 9.17) is 0 Å². The minimum Gasteiger partial charge on any atom is -0.507 e. The summed E-state index contributed by atoms with van der Waals surface area (Å²) < 4.78 is 0. The van der Waals surface area contributed by atoms with E-state index in [1.807, 2.05) is 25.1 Å². The number of phenolic OH excluding ortho intramolecular Hbond substituents is 2. The summed E-state index contributed by atoms with van der Waals surface area (Å²) in [4.78, 5) is 32.2. The molecule has 4 aromatic rings. The lowest BCUT2D eigenvalue weighted by atomic mass is 10.1. The monoisotopic (exact) mass is 433 g/mol. The minimum absolute atomic E-state index is 0.0476. The number of benzene rings is 3. The molecule has 160 valence electrons. The normalized spacial score (nSPS) is 11.3. The number of non-ortho nitro benzene ring substituents is 1. The molecule has 0 saturated carbocycles. The number of rotatable bonds is 5. The highest BCUT2D eigenvalue weighted by atomic mass is 16.6. The maximum absolute atomic E-state index is 11.1. The molecular weight excluding hydrogens is 418 g/mol. The molecule has 11 heteroatoms. The molecule has 0 atom stereocenters. The number of fused-ring (bicyclic) bond motifs is 1. The molecule has 4 rings (SSSR count). The van der Waals surface area contributed by atoms with Gasteiger partial charge in [0.05, 0.1) is 38.2 Å². The first kappa shape index (κ1) is 20.5. The van der Waals surface area contributed by atoms with Crippen LogP contribution in [0.2, 0.25) is 0 Å². The summed E-state index contributed by atoms with van der Waals surface area (Å²) in [6.07, 6.45) is 1.08. The second kappa shape index (κ2) is 7.80. The number of aromatic nitrogens is 2. The number of imidazole rings is 1. The van der Waals surface area contributed by atoms with Gasteiger partial charge in [-0.2, -0.15) is 0 Å². The summed E-state index contributed by atoms with van der Waals surface area (Å²) in [5.41, 5.74) is 1.69. The van der Waals surface area contributed by atoms with Gasteiger partial charge in [-0.05, 0) is 42.8 Å². The Morgan fingerprint density at radius 3 is 2.53 bits per heavy atom. The van der Waals surface area contributed by atoms with Crippen LogP contribution in [0.3, 0.4) is 0 Å². The maximum Gasteiger partial charge on any atom is 0.318 e. The van der Waals surface area contributed by atoms with Crippen LogP contribution in [0, 0.1) is 27.2 Å². The van der Waals surface area contributed by atoms with Crippen molar-refractivity contribution in [2.75, 3.05) is 0 Å². The third-order valence-corrected chi connectivity index (χ3v) is 4.74. The highest BCUT2D eigenvalue weighted by Gasteiger charge is 2.23.